The molecule has 0 bridgehead atoms. The Hall–Kier alpha value is -1.50. The van der Waals surface area contributed by atoms with Gasteiger partial charge in [0.1, 0.15) is 0 Å². The first kappa shape index (κ1) is 15.6. The predicted octanol–water partition coefficient (Wildman–Crippen LogP) is -0.358. The highest BCUT2D eigenvalue weighted by Crippen LogP contribution is 2.04. The highest BCUT2D eigenvalue weighted by atomic mass is 35.5. The summed E-state index contributed by atoms with van der Waals surface area (Å²) in [5.41, 5.74) is 0. The lowest BCUT2D eigenvalue weighted by atomic mass is 10.3. The van der Waals surface area contributed by atoms with Gasteiger partial charge in [-0.25, -0.2) is 4.79 Å². The van der Waals surface area contributed by atoms with E-state index in [0.717, 1.165) is 0 Å². The molecule has 1 heterocycles. The van der Waals surface area contributed by atoms with Crippen LogP contribution in [0.2, 0.25) is 0 Å². The van der Waals surface area contributed by atoms with E-state index in [1.54, 1.807) is 6.92 Å². The minimum atomic E-state index is -0.662. The maximum absolute atomic E-state index is 11.7. The quantitative estimate of drug-likeness (QED) is 0.569. The second-order valence-electron chi connectivity index (χ2n) is 3.92. The minimum Gasteiger partial charge on any atom is -0.450 e. The fraction of sp³-hybridized carbons (Fsp3) is 0.727. The van der Waals surface area contributed by atoms with Gasteiger partial charge in [-0.1, -0.05) is 0 Å². The molecule has 1 aliphatic rings. The molecule has 1 fully saturated rings. The molecule has 0 aromatic rings. The molecule has 0 aromatic carbocycles. The largest absolute Gasteiger partial charge is 0.450 e. The molecular weight excluding hydrogens is 274 g/mol. The fourth-order valence-electron chi connectivity index (χ4n) is 1.69. The topological polar surface area (TPSA) is 79.0 Å². The van der Waals surface area contributed by atoms with E-state index in [1.807, 2.05) is 0 Å². The van der Waals surface area contributed by atoms with Crippen LogP contribution in [0.4, 0.5) is 4.79 Å². The fourth-order valence-corrected chi connectivity index (χ4v) is 1.78. The molecule has 0 aliphatic carbocycles. The Bertz CT molecular complexity index is 343. The molecule has 1 rings (SSSR count). The van der Waals surface area contributed by atoms with E-state index in [4.69, 9.17) is 16.3 Å². The summed E-state index contributed by atoms with van der Waals surface area (Å²) in [6.45, 7) is 3.70. The van der Waals surface area contributed by atoms with Crippen molar-refractivity contribution >= 4 is 29.5 Å². The van der Waals surface area contributed by atoms with Gasteiger partial charge in [0.2, 0.25) is 0 Å². The van der Waals surface area contributed by atoms with Gasteiger partial charge in [0.25, 0.3) is 0 Å². The third-order valence-electron chi connectivity index (χ3n) is 2.67. The molecule has 8 heteroatoms. The van der Waals surface area contributed by atoms with Crippen molar-refractivity contribution in [1.29, 1.82) is 0 Å². The number of alkyl halides is 1. The molecule has 19 heavy (non-hydrogen) atoms. The number of carbonyl (C=O) groups is 3. The Morgan fingerprint density at radius 2 is 1.74 bits per heavy atom. The first-order chi connectivity index (χ1) is 9.10. The van der Waals surface area contributed by atoms with Crippen LogP contribution in [-0.2, 0) is 14.3 Å². The van der Waals surface area contributed by atoms with Crippen molar-refractivity contribution in [3.05, 3.63) is 0 Å². The van der Waals surface area contributed by atoms with Crippen LogP contribution in [-0.4, -0.2) is 72.9 Å². The van der Waals surface area contributed by atoms with Crippen LogP contribution in [0, 0.1) is 0 Å². The van der Waals surface area contributed by atoms with Crippen LogP contribution < -0.4 is 5.32 Å². The Morgan fingerprint density at radius 3 is 2.26 bits per heavy atom. The first-order valence-electron chi connectivity index (χ1n) is 6.15. The van der Waals surface area contributed by atoms with Crippen molar-refractivity contribution < 1.29 is 19.1 Å². The molecule has 0 aromatic heterocycles. The lowest BCUT2D eigenvalue weighted by Gasteiger charge is -2.33. The van der Waals surface area contributed by atoms with Crippen LogP contribution in [0.5, 0.6) is 0 Å². The van der Waals surface area contributed by atoms with E-state index in [9.17, 15) is 14.4 Å². The van der Waals surface area contributed by atoms with Gasteiger partial charge in [0, 0.05) is 38.6 Å². The van der Waals surface area contributed by atoms with E-state index in [1.165, 1.54) is 9.80 Å². The number of nitrogens with zero attached hydrogens (tertiary/aromatic N) is 2. The lowest BCUT2D eigenvalue weighted by molar-refractivity contribution is -0.146. The van der Waals surface area contributed by atoms with Crippen molar-refractivity contribution in [3.8, 4) is 0 Å². The molecule has 7 nitrogen and oxygen atoms in total. The van der Waals surface area contributed by atoms with Gasteiger partial charge in [-0.2, -0.15) is 0 Å². The van der Waals surface area contributed by atoms with Crippen LogP contribution in [0.3, 0.4) is 0 Å². The number of rotatable bonds is 3. The summed E-state index contributed by atoms with van der Waals surface area (Å²) < 4.78 is 4.87. The molecule has 1 saturated heterocycles. The van der Waals surface area contributed by atoms with Crippen molar-refractivity contribution in [2.45, 2.75) is 6.92 Å². The third-order valence-corrected chi connectivity index (χ3v) is 2.86. The second-order valence-corrected chi connectivity index (χ2v) is 4.30. The number of ether oxygens (including phenoxy) is 1. The van der Waals surface area contributed by atoms with E-state index in [0.29, 0.717) is 32.8 Å². The van der Waals surface area contributed by atoms with Crippen LogP contribution >= 0.6 is 11.6 Å². The third kappa shape index (κ3) is 4.59. The molecule has 0 atom stereocenters. The van der Waals surface area contributed by atoms with Gasteiger partial charge >= 0.3 is 17.9 Å². The maximum atomic E-state index is 11.7. The second kappa shape index (κ2) is 7.83. The number of nitrogens with one attached hydrogen (secondary N) is 1. The Kier molecular flexibility index (Phi) is 6.41. The van der Waals surface area contributed by atoms with Crippen LogP contribution in [0.25, 0.3) is 0 Å². The minimum absolute atomic E-state index is 0.259. The summed E-state index contributed by atoms with van der Waals surface area (Å²) in [5, 5.41) is 2.42. The van der Waals surface area contributed by atoms with Gasteiger partial charge in [-0.3, -0.25) is 9.59 Å². The lowest BCUT2D eigenvalue weighted by Crippen LogP contribution is -2.54. The average Bonchev–Trinajstić information content (AvgIpc) is 2.44. The first-order valence-corrected chi connectivity index (χ1v) is 6.68. The average molecular weight is 292 g/mol. The molecule has 0 unspecified atom stereocenters. The van der Waals surface area contributed by atoms with Crippen molar-refractivity contribution in [2.75, 3.05) is 45.2 Å². The number of piperazine rings is 1. The zero-order valence-electron chi connectivity index (χ0n) is 10.9. The SMILES string of the molecule is CCOC(=O)N1CCN(C(=O)C(=O)NCCCl)CC1. The van der Waals surface area contributed by atoms with E-state index in [2.05, 4.69) is 5.32 Å². The summed E-state index contributed by atoms with van der Waals surface area (Å²) in [4.78, 5) is 37.6. The van der Waals surface area contributed by atoms with E-state index >= 15 is 0 Å². The number of hydrogen-bond donors (Lipinski definition) is 1. The Labute approximate surface area is 116 Å². The van der Waals surface area contributed by atoms with E-state index in [-0.39, 0.29) is 18.5 Å². The highest BCUT2D eigenvalue weighted by Gasteiger charge is 2.27. The van der Waals surface area contributed by atoms with Crippen LogP contribution in [0.1, 0.15) is 6.92 Å². The van der Waals surface area contributed by atoms with E-state index < -0.39 is 11.8 Å². The summed E-state index contributed by atoms with van der Waals surface area (Å²) in [6, 6.07) is 0. The standard InChI is InChI=1S/C11H18ClN3O4/c1-2-19-11(18)15-7-5-14(6-8-15)10(17)9(16)13-4-3-12/h2-8H2,1H3,(H,13,16). The Balaban J connectivity index is 2.38. The van der Waals surface area contributed by atoms with Crippen LogP contribution in [0.15, 0.2) is 0 Å². The molecule has 3 amide bonds. The number of carbonyl (C=O) groups excluding carboxylic acids is 3. The maximum Gasteiger partial charge on any atom is 0.409 e. The zero-order valence-corrected chi connectivity index (χ0v) is 11.6. The summed E-state index contributed by atoms with van der Waals surface area (Å²) in [7, 11) is 0. The van der Waals surface area contributed by atoms with Gasteiger partial charge in [-0.05, 0) is 6.92 Å². The molecule has 108 valence electrons. The molecule has 0 radical (unpaired) electrons. The Morgan fingerprint density at radius 1 is 1.16 bits per heavy atom. The number of hydrogen-bond acceptors (Lipinski definition) is 4. The molecule has 0 saturated carbocycles. The molecule has 1 N–H and O–H groups in total. The van der Waals surface area contributed by atoms with Crippen molar-refractivity contribution in [3.63, 3.8) is 0 Å². The smallest absolute Gasteiger partial charge is 0.409 e. The van der Waals surface area contributed by atoms with Crippen molar-refractivity contribution in [1.82, 2.24) is 15.1 Å². The zero-order chi connectivity index (χ0) is 14.3. The van der Waals surface area contributed by atoms with Gasteiger partial charge < -0.3 is 19.9 Å². The molecule has 0 spiro atoms. The summed E-state index contributed by atoms with van der Waals surface area (Å²) >= 11 is 5.42. The van der Waals surface area contributed by atoms with Gasteiger partial charge in [0.15, 0.2) is 0 Å². The van der Waals surface area contributed by atoms with Crippen molar-refractivity contribution in [2.24, 2.45) is 0 Å². The monoisotopic (exact) mass is 291 g/mol. The molecule has 1 aliphatic heterocycles. The summed E-state index contributed by atoms with van der Waals surface area (Å²) in [6.07, 6.45) is -0.388. The highest BCUT2D eigenvalue weighted by molar-refractivity contribution is 6.35. The normalized spacial score (nSPS) is 15.1. The van der Waals surface area contributed by atoms with Gasteiger partial charge in [0.05, 0.1) is 6.61 Å². The predicted molar refractivity (Wildman–Crippen MR) is 68.9 cm³/mol. The number of amides is 3. The summed E-state index contributed by atoms with van der Waals surface area (Å²) in [5.74, 6) is -0.991. The molecular formula is C11H18ClN3O4. The number of halogens is 1. The van der Waals surface area contributed by atoms with Gasteiger partial charge in [-0.15, -0.1) is 11.6 Å².